The highest BCUT2D eigenvalue weighted by molar-refractivity contribution is 6.32. The Kier molecular flexibility index (Phi) is 4.11. The summed E-state index contributed by atoms with van der Waals surface area (Å²) in [6, 6.07) is 3.47. The van der Waals surface area contributed by atoms with Gasteiger partial charge in [-0.15, -0.1) is 0 Å². The van der Waals surface area contributed by atoms with E-state index in [2.05, 4.69) is 30.7 Å². The van der Waals surface area contributed by atoms with Crippen LogP contribution in [-0.4, -0.2) is 52.4 Å². The number of hydrogen-bond acceptors (Lipinski definition) is 3. The molecular weight excluding hydrogens is 262 g/mol. The lowest BCUT2D eigenvalue weighted by atomic mass is 10.0. The van der Waals surface area contributed by atoms with Crippen LogP contribution < -0.4 is 0 Å². The van der Waals surface area contributed by atoms with Crippen LogP contribution >= 0.6 is 11.6 Å². The predicted molar refractivity (Wildman–Crippen MR) is 76.5 cm³/mol. The number of aromatic nitrogens is 1. The largest absolute Gasteiger partial charge is 0.336 e. The van der Waals surface area contributed by atoms with Crippen LogP contribution in [0.15, 0.2) is 18.3 Å². The van der Waals surface area contributed by atoms with Crippen molar-refractivity contribution >= 4 is 17.5 Å². The van der Waals surface area contributed by atoms with E-state index in [4.69, 9.17) is 11.6 Å². The Bertz CT molecular complexity index is 462. The Morgan fingerprint density at radius 3 is 2.42 bits per heavy atom. The van der Waals surface area contributed by atoms with E-state index >= 15 is 0 Å². The van der Waals surface area contributed by atoms with E-state index in [1.807, 2.05) is 4.90 Å². The lowest BCUT2D eigenvalue weighted by Gasteiger charge is -2.42. The summed E-state index contributed by atoms with van der Waals surface area (Å²) >= 11 is 5.97. The van der Waals surface area contributed by atoms with Gasteiger partial charge in [-0.05, 0) is 32.9 Å². The number of pyridine rings is 1. The molecule has 4 nitrogen and oxygen atoms in total. The highest BCUT2D eigenvalue weighted by atomic mass is 35.5. The molecule has 1 aliphatic rings. The zero-order valence-electron chi connectivity index (χ0n) is 11.7. The molecule has 0 aromatic carbocycles. The van der Waals surface area contributed by atoms with E-state index in [1.54, 1.807) is 18.3 Å². The van der Waals surface area contributed by atoms with Gasteiger partial charge in [0.25, 0.3) is 5.91 Å². The van der Waals surface area contributed by atoms with Crippen molar-refractivity contribution in [3.63, 3.8) is 0 Å². The molecular formula is C14H20ClN3O. The van der Waals surface area contributed by atoms with Crippen LogP contribution in [0.1, 0.15) is 31.1 Å². The number of rotatable bonds is 1. The van der Waals surface area contributed by atoms with Crippen LogP contribution in [0.25, 0.3) is 0 Å². The highest BCUT2D eigenvalue weighted by Gasteiger charge is 2.28. The average Bonchev–Trinajstić information content (AvgIpc) is 2.38. The standard InChI is InChI=1S/C14H20ClN3O/c1-14(2,3)18-9-7-17(8-10-18)13(19)11-5-4-6-16-12(11)15/h4-6H,7-10H2,1-3H3. The van der Waals surface area contributed by atoms with Crippen molar-refractivity contribution in [3.8, 4) is 0 Å². The molecule has 2 rings (SSSR count). The average molecular weight is 282 g/mol. The van der Waals surface area contributed by atoms with E-state index in [0.29, 0.717) is 5.56 Å². The number of halogens is 1. The van der Waals surface area contributed by atoms with Gasteiger partial charge in [0.2, 0.25) is 0 Å². The normalized spacial score (nSPS) is 17.6. The quantitative estimate of drug-likeness (QED) is 0.741. The summed E-state index contributed by atoms with van der Waals surface area (Å²) in [7, 11) is 0. The summed E-state index contributed by atoms with van der Waals surface area (Å²) in [6.07, 6.45) is 1.59. The molecule has 104 valence electrons. The van der Waals surface area contributed by atoms with Crippen LogP contribution in [0.4, 0.5) is 0 Å². The van der Waals surface area contributed by atoms with Gasteiger partial charge < -0.3 is 4.90 Å². The molecule has 0 aliphatic carbocycles. The number of nitrogens with zero attached hydrogens (tertiary/aromatic N) is 3. The first-order valence-electron chi connectivity index (χ1n) is 6.54. The Hall–Kier alpha value is -1.13. The minimum Gasteiger partial charge on any atom is -0.336 e. The van der Waals surface area contributed by atoms with Crippen LogP contribution in [-0.2, 0) is 0 Å². The summed E-state index contributed by atoms with van der Waals surface area (Å²) in [6.45, 7) is 9.86. The maximum Gasteiger partial charge on any atom is 0.257 e. The summed E-state index contributed by atoms with van der Waals surface area (Å²) in [5.41, 5.74) is 0.648. The van der Waals surface area contributed by atoms with E-state index in [-0.39, 0.29) is 16.6 Å². The van der Waals surface area contributed by atoms with Crippen LogP contribution in [0.3, 0.4) is 0 Å². The fraction of sp³-hybridized carbons (Fsp3) is 0.571. The van der Waals surface area contributed by atoms with Gasteiger partial charge in [0.1, 0.15) is 5.15 Å². The van der Waals surface area contributed by atoms with E-state index in [1.165, 1.54) is 0 Å². The van der Waals surface area contributed by atoms with Gasteiger partial charge in [-0.2, -0.15) is 0 Å². The number of piperazine rings is 1. The van der Waals surface area contributed by atoms with Gasteiger partial charge in [-0.25, -0.2) is 4.98 Å². The molecule has 0 N–H and O–H groups in total. The number of hydrogen-bond donors (Lipinski definition) is 0. The Labute approximate surface area is 119 Å². The molecule has 1 fully saturated rings. The Balaban J connectivity index is 2.03. The van der Waals surface area contributed by atoms with Crippen molar-refractivity contribution in [2.75, 3.05) is 26.2 Å². The molecule has 1 aromatic rings. The van der Waals surface area contributed by atoms with E-state index < -0.39 is 0 Å². The minimum atomic E-state index is -0.0216. The maximum absolute atomic E-state index is 12.4. The summed E-state index contributed by atoms with van der Waals surface area (Å²) in [4.78, 5) is 20.6. The second-order valence-electron chi connectivity index (χ2n) is 5.79. The van der Waals surface area contributed by atoms with Gasteiger partial charge >= 0.3 is 0 Å². The SMILES string of the molecule is CC(C)(C)N1CCN(C(=O)c2cccnc2Cl)CC1. The lowest BCUT2D eigenvalue weighted by Crippen LogP contribution is -2.54. The van der Waals surface area contributed by atoms with Gasteiger partial charge in [0.15, 0.2) is 0 Å². The fourth-order valence-electron chi connectivity index (χ4n) is 2.30. The molecule has 0 spiro atoms. The first-order valence-corrected chi connectivity index (χ1v) is 6.92. The summed E-state index contributed by atoms with van der Waals surface area (Å²) in [5.74, 6) is -0.0216. The second kappa shape index (κ2) is 5.47. The van der Waals surface area contributed by atoms with Crippen LogP contribution in [0.2, 0.25) is 5.15 Å². The van der Waals surface area contributed by atoms with Crippen LogP contribution in [0.5, 0.6) is 0 Å². The maximum atomic E-state index is 12.4. The molecule has 19 heavy (non-hydrogen) atoms. The molecule has 1 saturated heterocycles. The fourth-order valence-corrected chi connectivity index (χ4v) is 2.50. The molecule has 1 aliphatic heterocycles. The number of amides is 1. The molecule has 5 heteroatoms. The second-order valence-corrected chi connectivity index (χ2v) is 6.15. The monoisotopic (exact) mass is 281 g/mol. The zero-order chi connectivity index (χ0) is 14.0. The van der Waals surface area contributed by atoms with Crippen molar-refractivity contribution in [1.29, 1.82) is 0 Å². The third kappa shape index (κ3) is 3.25. The van der Waals surface area contributed by atoms with Gasteiger partial charge in [0, 0.05) is 37.9 Å². The predicted octanol–water partition coefficient (Wildman–Crippen LogP) is 2.29. The number of carbonyl (C=O) groups is 1. The molecule has 2 heterocycles. The van der Waals surface area contributed by atoms with E-state index in [9.17, 15) is 4.79 Å². The molecule has 0 bridgehead atoms. The molecule has 1 aromatic heterocycles. The lowest BCUT2D eigenvalue weighted by molar-refractivity contribution is 0.0451. The van der Waals surface area contributed by atoms with Crippen molar-refractivity contribution in [1.82, 2.24) is 14.8 Å². The van der Waals surface area contributed by atoms with Gasteiger partial charge in [0.05, 0.1) is 5.56 Å². The van der Waals surface area contributed by atoms with Gasteiger partial charge in [-0.1, -0.05) is 11.6 Å². The summed E-state index contributed by atoms with van der Waals surface area (Å²) < 4.78 is 0. The van der Waals surface area contributed by atoms with Crippen LogP contribution in [0, 0.1) is 0 Å². The van der Waals surface area contributed by atoms with Crippen molar-refractivity contribution < 1.29 is 4.79 Å². The molecule has 0 radical (unpaired) electrons. The third-order valence-corrected chi connectivity index (χ3v) is 3.81. The molecule has 0 saturated carbocycles. The van der Waals surface area contributed by atoms with Crippen molar-refractivity contribution in [3.05, 3.63) is 29.0 Å². The van der Waals surface area contributed by atoms with Crippen molar-refractivity contribution in [2.45, 2.75) is 26.3 Å². The minimum absolute atomic E-state index is 0.0216. The van der Waals surface area contributed by atoms with Crippen molar-refractivity contribution in [2.24, 2.45) is 0 Å². The Morgan fingerprint density at radius 1 is 1.26 bits per heavy atom. The topological polar surface area (TPSA) is 36.4 Å². The zero-order valence-corrected chi connectivity index (χ0v) is 12.4. The molecule has 1 amide bonds. The summed E-state index contributed by atoms with van der Waals surface area (Å²) in [5, 5.41) is 0.283. The number of carbonyl (C=O) groups excluding carboxylic acids is 1. The van der Waals surface area contributed by atoms with Gasteiger partial charge in [-0.3, -0.25) is 9.69 Å². The molecule has 0 atom stereocenters. The molecule has 0 unspecified atom stereocenters. The highest BCUT2D eigenvalue weighted by Crippen LogP contribution is 2.19. The smallest absolute Gasteiger partial charge is 0.257 e. The Morgan fingerprint density at radius 2 is 1.89 bits per heavy atom. The first kappa shape index (κ1) is 14.3. The third-order valence-electron chi connectivity index (χ3n) is 3.51. The first-order chi connectivity index (χ1) is 8.89. The van der Waals surface area contributed by atoms with E-state index in [0.717, 1.165) is 26.2 Å².